The van der Waals surface area contributed by atoms with Gasteiger partial charge in [0.15, 0.2) is 0 Å². The summed E-state index contributed by atoms with van der Waals surface area (Å²) in [7, 11) is 0. The lowest BCUT2D eigenvalue weighted by atomic mass is 10.1. The molecule has 3 aromatic rings. The maximum atomic E-state index is 12.7. The van der Waals surface area contributed by atoms with Gasteiger partial charge in [0, 0.05) is 35.4 Å². The molecule has 0 aliphatic carbocycles. The second-order valence-electron chi connectivity index (χ2n) is 5.45. The number of amides is 1. The molecule has 0 atom stereocenters. The molecule has 0 spiro atoms. The topological polar surface area (TPSA) is 46.1 Å². The Balaban J connectivity index is 1.61. The number of benzene rings is 1. The summed E-state index contributed by atoms with van der Waals surface area (Å²) in [4.78, 5) is 24.0. The summed E-state index contributed by atoms with van der Waals surface area (Å²) in [5.41, 5.74) is 1.24. The van der Waals surface area contributed by atoms with E-state index in [2.05, 4.69) is 22.1 Å². The lowest BCUT2D eigenvalue weighted by molar-refractivity contribution is -0.128. The summed E-state index contributed by atoms with van der Waals surface area (Å²) in [5, 5.41) is 2.91. The number of thiazole rings is 1. The number of nitrogens with zero attached hydrogens (tertiary/aromatic N) is 3. The third-order valence-electron chi connectivity index (χ3n) is 3.69. The van der Waals surface area contributed by atoms with E-state index >= 15 is 0 Å². The number of aromatic nitrogens is 2. The van der Waals surface area contributed by atoms with Crippen LogP contribution in [0.2, 0.25) is 0 Å². The molecule has 0 bridgehead atoms. The molecule has 0 fully saturated rings. The molecule has 1 aromatic carbocycles. The van der Waals surface area contributed by atoms with Gasteiger partial charge in [-0.05, 0) is 24.1 Å². The predicted molar refractivity (Wildman–Crippen MR) is 103 cm³/mol. The minimum atomic E-state index is 0.132. The first kappa shape index (κ1) is 17.6. The molecule has 25 heavy (non-hydrogen) atoms. The zero-order chi connectivity index (χ0) is 17.3. The molecule has 0 saturated carbocycles. The smallest absolute Gasteiger partial charge is 0.233 e. The lowest BCUT2D eigenvalue weighted by Crippen LogP contribution is -2.33. The van der Waals surface area contributed by atoms with Gasteiger partial charge in [-0.25, -0.2) is 4.98 Å². The van der Waals surface area contributed by atoms with Crippen LogP contribution in [0.1, 0.15) is 10.6 Å². The van der Waals surface area contributed by atoms with Crippen molar-refractivity contribution in [3.05, 3.63) is 77.0 Å². The molecule has 0 saturated heterocycles. The van der Waals surface area contributed by atoms with Crippen molar-refractivity contribution >= 4 is 29.0 Å². The van der Waals surface area contributed by atoms with E-state index in [1.54, 1.807) is 41.7 Å². The summed E-state index contributed by atoms with van der Waals surface area (Å²) in [6.45, 7) is 1.26. The van der Waals surface area contributed by atoms with Crippen LogP contribution in [0.25, 0.3) is 0 Å². The summed E-state index contributed by atoms with van der Waals surface area (Å²) in [6.07, 6.45) is 6.12. The van der Waals surface area contributed by atoms with Gasteiger partial charge in [0.2, 0.25) is 5.91 Å². The molecule has 0 unspecified atom stereocenters. The molecule has 0 radical (unpaired) electrons. The summed E-state index contributed by atoms with van der Waals surface area (Å²) < 4.78 is 0. The number of carbonyl (C=O) groups excluding carboxylic acids is 1. The number of hydrogen-bond donors (Lipinski definition) is 0. The van der Waals surface area contributed by atoms with Crippen LogP contribution in [-0.4, -0.2) is 33.1 Å². The Bertz CT molecular complexity index is 764. The molecule has 4 nitrogen and oxygen atoms in total. The second kappa shape index (κ2) is 9.34. The fourth-order valence-electron chi connectivity index (χ4n) is 2.37. The summed E-state index contributed by atoms with van der Waals surface area (Å²) in [5.74, 6) is 0.553. The molecular formula is C19H19N3OS2. The average molecular weight is 370 g/mol. The van der Waals surface area contributed by atoms with E-state index in [4.69, 9.17) is 0 Å². The Morgan fingerprint density at radius 2 is 1.88 bits per heavy atom. The molecule has 128 valence electrons. The SMILES string of the molecule is O=C(CSc1ccncc1)N(CCc1ccccc1)Cc1nccs1. The molecule has 2 aromatic heterocycles. The van der Waals surface area contributed by atoms with E-state index in [-0.39, 0.29) is 5.91 Å². The van der Waals surface area contributed by atoms with Crippen molar-refractivity contribution < 1.29 is 4.79 Å². The molecule has 3 rings (SSSR count). The first-order valence-electron chi connectivity index (χ1n) is 8.04. The van der Waals surface area contributed by atoms with Gasteiger partial charge in [0.1, 0.15) is 5.01 Å². The van der Waals surface area contributed by atoms with Gasteiger partial charge in [-0.2, -0.15) is 0 Å². The van der Waals surface area contributed by atoms with E-state index in [0.717, 1.165) is 16.3 Å². The summed E-state index contributed by atoms with van der Waals surface area (Å²) >= 11 is 3.13. The molecule has 0 aliphatic rings. The first-order chi connectivity index (χ1) is 12.3. The maximum absolute atomic E-state index is 12.7. The van der Waals surface area contributed by atoms with Crippen LogP contribution in [0.15, 0.2) is 71.3 Å². The van der Waals surface area contributed by atoms with Gasteiger partial charge in [-0.15, -0.1) is 23.1 Å². The Hall–Kier alpha value is -2.18. The zero-order valence-corrected chi connectivity index (χ0v) is 15.4. The fraction of sp³-hybridized carbons (Fsp3) is 0.211. The normalized spacial score (nSPS) is 10.6. The Labute approximate surface area is 155 Å². The third kappa shape index (κ3) is 5.69. The van der Waals surface area contributed by atoms with Crippen molar-refractivity contribution in [1.29, 1.82) is 0 Å². The zero-order valence-electron chi connectivity index (χ0n) is 13.7. The largest absolute Gasteiger partial charge is 0.335 e. The van der Waals surface area contributed by atoms with Gasteiger partial charge in [-0.3, -0.25) is 9.78 Å². The maximum Gasteiger partial charge on any atom is 0.233 e. The lowest BCUT2D eigenvalue weighted by Gasteiger charge is -2.21. The van der Waals surface area contributed by atoms with Crippen LogP contribution in [0, 0.1) is 0 Å². The van der Waals surface area contributed by atoms with Gasteiger partial charge in [0.05, 0.1) is 12.3 Å². The van der Waals surface area contributed by atoms with E-state index < -0.39 is 0 Å². The average Bonchev–Trinajstić information content (AvgIpc) is 3.18. The van der Waals surface area contributed by atoms with Crippen molar-refractivity contribution in [3.8, 4) is 0 Å². The molecule has 2 heterocycles. The van der Waals surface area contributed by atoms with Gasteiger partial charge >= 0.3 is 0 Å². The number of thioether (sulfide) groups is 1. The van der Waals surface area contributed by atoms with Crippen molar-refractivity contribution in [1.82, 2.24) is 14.9 Å². The number of hydrogen-bond acceptors (Lipinski definition) is 5. The van der Waals surface area contributed by atoms with Crippen LogP contribution in [0.5, 0.6) is 0 Å². The van der Waals surface area contributed by atoms with E-state index in [0.29, 0.717) is 18.8 Å². The second-order valence-corrected chi connectivity index (χ2v) is 7.48. The Morgan fingerprint density at radius 3 is 2.60 bits per heavy atom. The fourth-order valence-corrected chi connectivity index (χ4v) is 3.78. The number of carbonyl (C=O) groups is 1. The van der Waals surface area contributed by atoms with Crippen LogP contribution in [0.4, 0.5) is 0 Å². The van der Waals surface area contributed by atoms with E-state index in [1.165, 1.54) is 5.56 Å². The standard InChI is InChI=1S/C19H19N3OS2/c23-19(15-25-17-6-9-20-10-7-17)22(14-18-21-11-13-24-18)12-8-16-4-2-1-3-5-16/h1-7,9-11,13H,8,12,14-15H2. The molecule has 1 amide bonds. The van der Waals surface area contributed by atoms with E-state index in [9.17, 15) is 4.79 Å². The van der Waals surface area contributed by atoms with Crippen LogP contribution < -0.4 is 0 Å². The minimum Gasteiger partial charge on any atom is -0.335 e. The highest BCUT2D eigenvalue weighted by Gasteiger charge is 2.15. The van der Waals surface area contributed by atoms with Crippen molar-refractivity contribution in [2.45, 2.75) is 17.9 Å². The molecule has 6 heteroatoms. The quantitative estimate of drug-likeness (QED) is 0.565. The summed E-state index contributed by atoms with van der Waals surface area (Å²) in [6, 6.07) is 14.1. The highest BCUT2D eigenvalue weighted by Crippen LogP contribution is 2.18. The Morgan fingerprint density at radius 1 is 1.08 bits per heavy atom. The minimum absolute atomic E-state index is 0.132. The molecule has 0 aliphatic heterocycles. The van der Waals surface area contributed by atoms with Crippen molar-refractivity contribution in [2.24, 2.45) is 0 Å². The number of pyridine rings is 1. The van der Waals surface area contributed by atoms with Gasteiger partial charge in [0.25, 0.3) is 0 Å². The van der Waals surface area contributed by atoms with Crippen molar-refractivity contribution in [3.63, 3.8) is 0 Å². The van der Waals surface area contributed by atoms with Crippen LogP contribution in [-0.2, 0) is 17.8 Å². The van der Waals surface area contributed by atoms with Gasteiger partial charge in [-0.1, -0.05) is 30.3 Å². The van der Waals surface area contributed by atoms with E-state index in [1.807, 2.05) is 40.6 Å². The van der Waals surface area contributed by atoms with Crippen LogP contribution in [0.3, 0.4) is 0 Å². The molecule has 0 N–H and O–H groups in total. The predicted octanol–water partition coefficient (Wildman–Crippen LogP) is 3.90. The number of rotatable bonds is 8. The monoisotopic (exact) mass is 369 g/mol. The van der Waals surface area contributed by atoms with Crippen molar-refractivity contribution in [2.75, 3.05) is 12.3 Å². The molecular weight excluding hydrogens is 350 g/mol. The highest BCUT2D eigenvalue weighted by atomic mass is 32.2. The van der Waals surface area contributed by atoms with Crippen LogP contribution >= 0.6 is 23.1 Å². The van der Waals surface area contributed by atoms with Gasteiger partial charge < -0.3 is 4.90 Å². The highest BCUT2D eigenvalue weighted by molar-refractivity contribution is 8.00. The first-order valence-corrected chi connectivity index (χ1v) is 9.90. The Kier molecular flexibility index (Phi) is 6.59. The third-order valence-corrected chi connectivity index (χ3v) is 5.45.